The summed E-state index contributed by atoms with van der Waals surface area (Å²) in [4.78, 5) is 2.14. The zero-order valence-corrected chi connectivity index (χ0v) is 11.7. The van der Waals surface area contributed by atoms with E-state index in [1.165, 1.54) is 6.07 Å². The molecule has 1 aliphatic rings. The van der Waals surface area contributed by atoms with Crippen molar-refractivity contribution >= 4 is 0 Å². The second-order valence-electron chi connectivity index (χ2n) is 5.53. The van der Waals surface area contributed by atoms with Crippen LogP contribution in [0, 0.1) is 11.2 Å². The maximum Gasteiger partial charge on any atom is 0.165 e. The topological polar surface area (TPSA) is 32.7 Å². The summed E-state index contributed by atoms with van der Waals surface area (Å²) in [5.41, 5.74) is 1.02. The van der Waals surface area contributed by atoms with Crippen LogP contribution in [-0.2, 0) is 6.54 Å². The summed E-state index contributed by atoms with van der Waals surface area (Å²) in [6.45, 7) is 4.10. The van der Waals surface area contributed by atoms with Gasteiger partial charge < -0.3 is 14.7 Å². The van der Waals surface area contributed by atoms with Crippen LogP contribution in [0.2, 0.25) is 0 Å². The van der Waals surface area contributed by atoms with Gasteiger partial charge in [-0.15, -0.1) is 0 Å². The van der Waals surface area contributed by atoms with E-state index in [4.69, 9.17) is 4.74 Å². The predicted octanol–water partition coefficient (Wildman–Crippen LogP) is 2.43. The van der Waals surface area contributed by atoms with E-state index in [2.05, 4.69) is 4.90 Å². The zero-order chi connectivity index (χ0) is 13.9. The summed E-state index contributed by atoms with van der Waals surface area (Å²) in [5.74, 6) is -0.000956. The summed E-state index contributed by atoms with van der Waals surface area (Å²) in [7, 11) is 2.00. The van der Waals surface area contributed by atoms with E-state index in [1.807, 2.05) is 20.0 Å². The molecule has 0 saturated heterocycles. The van der Waals surface area contributed by atoms with Gasteiger partial charge in [-0.2, -0.15) is 0 Å². The lowest BCUT2D eigenvalue weighted by molar-refractivity contribution is 0.161. The van der Waals surface area contributed by atoms with Gasteiger partial charge in [0.25, 0.3) is 0 Å². The van der Waals surface area contributed by atoms with Crippen molar-refractivity contribution in [2.24, 2.45) is 5.41 Å². The summed E-state index contributed by atoms with van der Waals surface area (Å²) in [5, 5.41) is 9.31. The molecule has 0 amide bonds. The number of aliphatic hydroxyl groups excluding tert-OH is 1. The van der Waals surface area contributed by atoms with Crippen LogP contribution in [-0.4, -0.2) is 36.8 Å². The number of hydrogen-bond acceptors (Lipinski definition) is 3. The lowest BCUT2D eigenvalue weighted by atomic mass is 10.1. The molecule has 0 radical (unpaired) electrons. The molecule has 0 spiro atoms. The number of ether oxygens (including phenoxy) is 1. The van der Waals surface area contributed by atoms with Crippen molar-refractivity contribution in [3.8, 4) is 5.75 Å². The van der Waals surface area contributed by atoms with E-state index >= 15 is 0 Å². The Hall–Kier alpha value is -1.13. The fourth-order valence-electron chi connectivity index (χ4n) is 2.40. The molecule has 0 atom stereocenters. The highest BCUT2D eigenvalue weighted by Crippen LogP contribution is 2.45. The third-order valence-electron chi connectivity index (χ3n) is 3.65. The van der Waals surface area contributed by atoms with Crippen LogP contribution in [0.4, 0.5) is 4.39 Å². The smallest absolute Gasteiger partial charge is 0.165 e. The third-order valence-corrected chi connectivity index (χ3v) is 3.65. The number of halogens is 1. The highest BCUT2D eigenvalue weighted by Gasteiger charge is 2.42. The Morgan fingerprint density at radius 1 is 1.42 bits per heavy atom. The number of aliphatic hydroxyl groups is 1. The fourth-order valence-corrected chi connectivity index (χ4v) is 2.40. The second kappa shape index (κ2) is 5.88. The Morgan fingerprint density at radius 2 is 2.16 bits per heavy atom. The van der Waals surface area contributed by atoms with E-state index in [9.17, 15) is 9.50 Å². The van der Waals surface area contributed by atoms with Crippen LogP contribution in [0.5, 0.6) is 5.75 Å². The zero-order valence-electron chi connectivity index (χ0n) is 11.7. The van der Waals surface area contributed by atoms with Gasteiger partial charge >= 0.3 is 0 Å². The van der Waals surface area contributed by atoms with E-state index in [-0.39, 0.29) is 17.8 Å². The molecular formula is C15H22FNO2. The molecule has 0 aliphatic heterocycles. The Morgan fingerprint density at radius 3 is 2.68 bits per heavy atom. The van der Waals surface area contributed by atoms with E-state index in [0.717, 1.165) is 24.9 Å². The van der Waals surface area contributed by atoms with Crippen molar-refractivity contribution in [3.63, 3.8) is 0 Å². The third kappa shape index (κ3) is 3.67. The van der Waals surface area contributed by atoms with Crippen molar-refractivity contribution in [2.75, 3.05) is 26.8 Å². The quantitative estimate of drug-likeness (QED) is 0.823. The minimum Gasteiger partial charge on any atom is -0.491 e. The molecule has 3 nitrogen and oxygen atoms in total. The first-order valence-corrected chi connectivity index (χ1v) is 6.79. The molecule has 0 aromatic heterocycles. The van der Waals surface area contributed by atoms with Gasteiger partial charge in [0.15, 0.2) is 11.6 Å². The molecule has 0 unspecified atom stereocenters. The molecule has 2 rings (SSSR count). The Labute approximate surface area is 114 Å². The maximum absolute atomic E-state index is 13.7. The van der Waals surface area contributed by atoms with Crippen molar-refractivity contribution in [1.82, 2.24) is 4.90 Å². The average molecular weight is 267 g/mol. The summed E-state index contributed by atoms with van der Waals surface area (Å²) >= 11 is 0. The standard InChI is InChI=1S/C15H22FNO2/c1-3-19-14-5-4-12(8-13(14)16)9-17(2)10-15(11-18)6-7-15/h4-5,8,18H,3,6-7,9-11H2,1-2H3. The molecule has 4 heteroatoms. The minimum absolute atomic E-state index is 0.0958. The monoisotopic (exact) mass is 267 g/mol. The molecule has 1 aromatic rings. The van der Waals surface area contributed by atoms with Crippen LogP contribution in [0.25, 0.3) is 0 Å². The molecule has 1 N–H and O–H groups in total. The van der Waals surface area contributed by atoms with Gasteiger partial charge in [-0.05, 0) is 44.5 Å². The lowest BCUT2D eigenvalue weighted by Crippen LogP contribution is -2.28. The fraction of sp³-hybridized carbons (Fsp3) is 0.600. The van der Waals surface area contributed by atoms with E-state index in [0.29, 0.717) is 18.9 Å². The van der Waals surface area contributed by atoms with Gasteiger partial charge in [-0.1, -0.05) is 6.07 Å². The van der Waals surface area contributed by atoms with Crippen molar-refractivity contribution in [1.29, 1.82) is 0 Å². The van der Waals surface area contributed by atoms with Gasteiger partial charge in [-0.3, -0.25) is 0 Å². The number of benzene rings is 1. The van der Waals surface area contributed by atoms with Crippen LogP contribution in [0.15, 0.2) is 18.2 Å². The van der Waals surface area contributed by atoms with E-state index in [1.54, 1.807) is 6.07 Å². The van der Waals surface area contributed by atoms with Crippen LogP contribution >= 0.6 is 0 Å². The molecule has 1 fully saturated rings. The molecule has 1 aromatic carbocycles. The van der Waals surface area contributed by atoms with Crippen molar-refractivity contribution in [2.45, 2.75) is 26.3 Å². The molecule has 19 heavy (non-hydrogen) atoms. The lowest BCUT2D eigenvalue weighted by Gasteiger charge is -2.22. The molecular weight excluding hydrogens is 245 g/mol. The van der Waals surface area contributed by atoms with Crippen LogP contribution in [0.3, 0.4) is 0 Å². The first kappa shape index (κ1) is 14.3. The minimum atomic E-state index is -0.309. The van der Waals surface area contributed by atoms with Gasteiger partial charge in [-0.25, -0.2) is 4.39 Å². The Balaban J connectivity index is 1.93. The second-order valence-corrected chi connectivity index (χ2v) is 5.53. The molecule has 0 bridgehead atoms. The number of rotatable bonds is 7. The Kier molecular flexibility index (Phi) is 4.42. The normalized spacial score (nSPS) is 16.7. The van der Waals surface area contributed by atoms with E-state index < -0.39 is 0 Å². The molecule has 106 valence electrons. The Bertz CT molecular complexity index is 432. The van der Waals surface area contributed by atoms with Crippen LogP contribution in [0.1, 0.15) is 25.3 Å². The predicted molar refractivity (Wildman–Crippen MR) is 72.7 cm³/mol. The molecule has 1 saturated carbocycles. The first-order valence-electron chi connectivity index (χ1n) is 6.79. The first-order chi connectivity index (χ1) is 9.08. The summed E-state index contributed by atoms with van der Waals surface area (Å²) in [6, 6.07) is 5.10. The molecule has 0 heterocycles. The highest BCUT2D eigenvalue weighted by atomic mass is 19.1. The van der Waals surface area contributed by atoms with Gasteiger partial charge in [0, 0.05) is 25.1 Å². The SMILES string of the molecule is CCOc1ccc(CN(C)CC2(CO)CC2)cc1F. The van der Waals surface area contributed by atoms with Crippen LogP contribution < -0.4 is 4.74 Å². The highest BCUT2D eigenvalue weighted by molar-refractivity contribution is 5.29. The maximum atomic E-state index is 13.7. The van der Waals surface area contributed by atoms with Crippen molar-refractivity contribution in [3.05, 3.63) is 29.6 Å². The summed E-state index contributed by atoms with van der Waals surface area (Å²) in [6.07, 6.45) is 2.18. The largest absolute Gasteiger partial charge is 0.491 e. The summed E-state index contributed by atoms with van der Waals surface area (Å²) < 4.78 is 18.9. The number of hydrogen-bond donors (Lipinski definition) is 1. The number of nitrogens with zero attached hydrogens (tertiary/aromatic N) is 1. The van der Waals surface area contributed by atoms with Gasteiger partial charge in [0.2, 0.25) is 0 Å². The van der Waals surface area contributed by atoms with Gasteiger partial charge in [0.05, 0.1) is 6.61 Å². The molecule has 1 aliphatic carbocycles. The van der Waals surface area contributed by atoms with Crippen molar-refractivity contribution < 1.29 is 14.2 Å². The van der Waals surface area contributed by atoms with Gasteiger partial charge in [0.1, 0.15) is 0 Å². The average Bonchev–Trinajstić information content (AvgIpc) is 3.13.